The highest BCUT2D eigenvalue weighted by atomic mass is 79.9. The van der Waals surface area contributed by atoms with Crippen LogP contribution in [-0.2, 0) is 9.47 Å². The molecule has 0 saturated carbocycles. The van der Waals surface area contributed by atoms with Crippen molar-refractivity contribution in [2.75, 3.05) is 26.4 Å². The maximum absolute atomic E-state index is 6.07. The molecule has 0 amide bonds. The molecule has 2 aliphatic rings. The number of halogens is 1. The van der Waals surface area contributed by atoms with Gasteiger partial charge in [0.1, 0.15) is 0 Å². The van der Waals surface area contributed by atoms with Crippen molar-refractivity contribution in [2.45, 2.75) is 37.8 Å². The Bertz CT molecular complexity index is 477. The average Bonchev–Trinajstić information content (AvgIpc) is 2.92. The predicted octanol–water partition coefficient (Wildman–Crippen LogP) is 3.08. The number of nitrogens with zero attached hydrogens (tertiary/aromatic N) is 1. The van der Waals surface area contributed by atoms with Gasteiger partial charge in [0.15, 0.2) is 0 Å². The molecule has 116 valence electrons. The van der Waals surface area contributed by atoms with Gasteiger partial charge in [-0.2, -0.15) is 0 Å². The van der Waals surface area contributed by atoms with E-state index in [2.05, 4.69) is 39.2 Å². The lowest BCUT2D eigenvalue weighted by Crippen LogP contribution is -2.44. The minimum Gasteiger partial charge on any atom is -0.378 e. The summed E-state index contributed by atoms with van der Waals surface area (Å²) in [6, 6.07) is 2.51. The lowest BCUT2D eigenvalue weighted by atomic mass is 9.79. The Kier molecular flexibility index (Phi) is 4.94. The normalized spacial score (nSPS) is 30.7. The molecule has 5 heteroatoms. The Morgan fingerprint density at radius 1 is 1.48 bits per heavy atom. The van der Waals surface area contributed by atoms with Crippen LogP contribution < -0.4 is 5.32 Å². The minimum absolute atomic E-state index is 0.0456. The van der Waals surface area contributed by atoms with Crippen molar-refractivity contribution in [2.24, 2.45) is 5.92 Å². The maximum Gasteiger partial charge on any atom is 0.0940 e. The first kappa shape index (κ1) is 15.4. The first-order chi connectivity index (χ1) is 10.2. The van der Waals surface area contributed by atoms with E-state index in [1.165, 1.54) is 5.56 Å². The van der Waals surface area contributed by atoms with Crippen LogP contribution in [0.15, 0.2) is 22.9 Å². The number of nitrogens with one attached hydrogen (secondary N) is 1. The molecular formula is C16H23BrN2O2. The largest absolute Gasteiger partial charge is 0.378 e. The van der Waals surface area contributed by atoms with Crippen LogP contribution in [0.1, 0.15) is 37.8 Å². The van der Waals surface area contributed by atoms with E-state index in [1.807, 2.05) is 12.4 Å². The van der Waals surface area contributed by atoms with Gasteiger partial charge in [0, 0.05) is 42.5 Å². The van der Waals surface area contributed by atoms with E-state index < -0.39 is 0 Å². The molecule has 3 atom stereocenters. The summed E-state index contributed by atoms with van der Waals surface area (Å²) in [5.74, 6) is 0.566. The summed E-state index contributed by atoms with van der Waals surface area (Å²) >= 11 is 3.53. The van der Waals surface area contributed by atoms with E-state index in [1.54, 1.807) is 0 Å². The summed E-state index contributed by atoms with van der Waals surface area (Å²) in [6.07, 6.45) is 7.00. The molecule has 3 unspecified atom stereocenters. The molecule has 2 fully saturated rings. The molecule has 2 aliphatic heterocycles. The van der Waals surface area contributed by atoms with Crippen LogP contribution in [0, 0.1) is 5.92 Å². The van der Waals surface area contributed by atoms with Crippen LogP contribution in [0.25, 0.3) is 0 Å². The van der Waals surface area contributed by atoms with E-state index in [-0.39, 0.29) is 5.60 Å². The minimum atomic E-state index is -0.0456. The molecule has 3 heterocycles. The van der Waals surface area contributed by atoms with Gasteiger partial charge in [0.25, 0.3) is 0 Å². The van der Waals surface area contributed by atoms with E-state index in [9.17, 15) is 0 Å². The Labute approximate surface area is 134 Å². The van der Waals surface area contributed by atoms with Crippen LogP contribution in [0.3, 0.4) is 0 Å². The number of aromatic nitrogens is 1. The van der Waals surface area contributed by atoms with Gasteiger partial charge in [-0.05, 0) is 52.9 Å². The van der Waals surface area contributed by atoms with Crippen LogP contribution in [0.5, 0.6) is 0 Å². The second-order valence-electron chi connectivity index (χ2n) is 6.06. The predicted molar refractivity (Wildman–Crippen MR) is 85.2 cm³/mol. The van der Waals surface area contributed by atoms with Crippen LogP contribution in [-0.4, -0.2) is 37.0 Å². The standard InChI is InChI=1S/C16H23BrN2O2/c1-2-19-15(13-7-14(17)10-18-9-13)12-3-5-21-16(8-12)4-6-20-11-16/h7,9-10,12,15,19H,2-6,8,11H2,1H3. The highest BCUT2D eigenvalue weighted by molar-refractivity contribution is 9.10. The lowest BCUT2D eigenvalue weighted by Gasteiger charge is -2.40. The fraction of sp³-hybridized carbons (Fsp3) is 0.688. The van der Waals surface area contributed by atoms with Crippen LogP contribution in [0.2, 0.25) is 0 Å². The molecule has 3 rings (SSSR count). The maximum atomic E-state index is 6.07. The van der Waals surface area contributed by atoms with E-state index in [0.29, 0.717) is 12.0 Å². The van der Waals surface area contributed by atoms with E-state index in [0.717, 1.165) is 50.1 Å². The highest BCUT2D eigenvalue weighted by Gasteiger charge is 2.43. The van der Waals surface area contributed by atoms with Crippen LogP contribution in [0.4, 0.5) is 0 Å². The second-order valence-corrected chi connectivity index (χ2v) is 6.97. The summed E-state index contributed by atoms with van der Waals surface area (Å²) in [4.78, 5) is 4.33. The lowest BCUT2D eigenvalue weighted by molar-refractivity contribution is -0.103. The number of hydrogen-bond donors (Lipinski definition) is 1. The molecular weight excluding hydrogens is 332 g/mol. The third-order valence-corrected chi connectivity index (χ3v) is 5.01. The molecule has 4 nitrogen and oxygen atoms in total. The summed E-state index contributed by atoms with van der Waals surface area (Å²) in [5, 5.41) is 3.64. The second kappa shape index (κ2) is 6.73. The fourth-order valence-corrected chi connectivity index (χ4v) is 3.97. The molecule has 0 radical (unpaired) electrons. The van der Waals surface area contributed by atoms with Crippen molar-refractivity contribution in [3.8, 4) is 0 Å². The number of pyridine rings is 1. The van der Waals surface area contributed by atoms with Crippen molar-refractivity contribution in [1.82, 2.24) is 10.3 Å². The molecule has 1 N–H and O–H groups in total. The first-order valence-electron chi connectivity index (χ1n) is 7.78. The Hall–Kier alpha value is -0.490. The quantitative estimate of drug-likeness (QED) is 0.902. The van der Waals surface area contributed by atoms with Gasteiger partial charge < -0.3 is 14.8 Å². The molecule has 0 aromatic carbocycles. The van der Waals surface area contributed by atoms with Gasteiger partial charge in [-0.15, -0.1) is 0 Å². The molecule has 1 aromatic heterocycles. The molecule has 2 saturated heterocycles. The van der Waals surface area contributed by atoms with Gasteiger partial charge in [-0.25, -0.2) is 0 Å². The zero-order chi connectivity index (χ0) is 14.7. The Balaban J connectivity index is 1.80. The van der Waals surface area contributed by atoms with Crippen molar-refractivity contribution >= 4 is 15.9 Å². The summed E-state index contributed by atoms with van der Waals surface area (Å²) < 4.78 is 12.7. The summed E-state index contributed by atoms with van der Waals surface area (Å²) in [6.45, 7) is 5.53. The zero-order valence-electron chi connectivity index (χ0n) is 12.5. The monoisotopic (exact) mass is 354 g/mol. The van der Waals surface area contributed by atoms with Crippen molar-refractivity contribution < 1.29 is 9.47 Å². The van der Waals surface area contributed by atoms with Gasteiger partial charge in [0.2, 0.25) is 0 Å². The number of rotatable bonds is 4. The SMILES string of the molecule is CCNC(c1cncc(Br)c1)C1CCOC2(CCOC2)C1. The number of hydrogen-bond acceptors (Lipinski definition) is 4. The van der Waals surface area contributed by atoms with Crippen molar-refractivity contribution in [1.29, 1.82) is 0 Å². The molecule has 0 aliphatic carbocycles. The van der Waals surface area contributed by atoms with Crippen molar-refractivity contribution in [3.63, 3.8) is 0 Å². The third-order valence-electron chi connectivity index (χ3n) is 4.58. The molecule has 1 aromatic rings. The highest BCUT2D eigenvalue weighted by Crippen LogP contribution is 2.41. The van der Waals surface area contributed by atoms with Gasteiger partial charge in [0.05, 0.1) is 12.2 Å². The Morgan fingerprint density at radius 2 is 2.38 bits per heavy atom. The Morgan fingerprint density at radius 3 is 3.10 bits per heavy atom. The summed E-state index contributed by atoms with van der Waals surface area (Å²) in [7, 11) is 0. The van der Waals surface area contributed by atoms with E-state index >= 15 is 0 Å². The smallest absolute Gasteiger partial charge is 0.0940 e. The summed E-state index contributed by atoms with van der Waals surface area (Å²) in [5.41, 5.74) is 1.21. The number of ether oxygens (including phenoxy) is 2. The van der Waals surface area contributed by atoms with Crippen molar-refractivity contribution in [3.05, 3.63) is 28.5 Å². The third kappa shape index (κ3) is 3.47. The molecule has 0 bridgehead atoms. The van der Waals surface area contributed by atoms with Gasteiger partial charge in [-0.3, -0.25) is 4.98 Å². The van der Waals surface area contributed by atoms with E-state index in [4.69, 9.17) is 9.47 Å². The molecule has 1 spiro atoms. The van der Waals surface area contributed by atoms with Crippen LogP contribution >= 0.6 is 15.9 Å². The zero-order valence-corrected chi connectivity index (χ0v) is 14.1. The van der Waals surface area contributed by atoms with Gasteiger partial charge in [-0.1, -0.05) is 6.92 Å². The topological polar surface area (TPSA) is 43.4 Å². The average molecular weight is 355 g/mol. The van der Waals surface area contributed by atoms with Gasteiger partial charge >= 0.3 is 0 Å². The first-order valence-corrected chi connectivity index (χ1v) is 8.57. The fourth-order valence-electron chi connectivity index (χ4n) is 3.59. The molecule has 21 heavy (non-hydrogen) atoms.